The number of hydrogen-bond donors (Lipinski definition) is 2. The lowest BCUT2D eigenvalue weighted by Gasteiger charge is -2.41. The van der Waals surface area contributed by atoms with E-state index in [1.54, 1.807) is 18.2 Å². The molecule has 0 bridgehead atoms. The third-order valence-corrected chi connectivity index (χ3v) is 6.04. The van der Waals surface area contributed by atoms with Crippen LogP contribution in [0.1, 0.15) is 41.3 Å². The quantitative estimate of drug-likeness (QED) is 0.712. The van der Waals surface area contributed by atoms with E-state index in [0.29, 0.717) is 23.2 Å². The van der Waals surface area contributed by atoms with Crippen LogP contribution in [0.5, 0.6) is 0 Å². The molecular formula is C20H23F3N4O3. The summed E-state index contributed by atoms with van der Waals surface area (Å²) in [5.74, 6) is -1.14. The van der Waals surface area contributed by atoms with Crippen molar-refractivity contribution < 1.29 is 27.6 Å². The number of amides is 3. The van der Waals surface area contributed by atoms with Crippen LogP contribution >= 0.6 is 0 Å². The van der Waals surface area contributed by atoms with Gasteiger partial charge < -0.3 is 10.2 Å². The van der Waals surface area contributed by atoms with Crippen molar-refractivity contribution in [2.24, 2.45) is 0 Å². The molecule has 3 aliphatic heterocycles. The van der Waals surface area contributed by atoms with Crippen LogP contribution in [0.3, 0.4) is 0 Å². The number of fused-ring (bicyclic) bond motifs is 1. The van der Waals surface area contributed by atoms with Gasteiger partial charge in [-0.1, -0.05) is 12.1 Å². The standard InChI is InChI=1S/C20H23F3N4O3/c1-11-17(20(21,22)23)26(7-6-24-11)9-12-2-3-14-13(8-12)10-27(19(14)30)15-4-5-16(28)25-18(15)29/h2-3,8,11,15,17,24H,4-7,9-10H2,1H3,(H,25,28,29)/t11-,15?,17-/m1/s1. The van der Waals surface area contributed by atoms with Crippen LogP contribution in [0.4, 0.5) is 13.2 Å². The van der Waals surface area contributed by atoms with Gasteiger partial charge in [0.05, 0.1) is 0 Å². The number of nitrogens with one attached hydrogen (secondary N) is 2. The fourth-order valence-electron chi connectivity index (χ4n) is 4.63. The van der Waals surface area contributed by atoms with Crippen LogP contribution in [0.2, 0.25) is 0 Å². The number of imide groups is 1. The van der Waals surface area contributed by atoms with Gasteiger partial charge in [-0.25, -0.2) is 0 Å². The summed E-state index contributed by atoms with van der Waals surface area (Å²) in [4.78, 5) is 39.1. The van der Waals surface area contributed by atoms with Gasteiger partial charge >= 0.3 is 6.18 Å². The van der Waals surface area contributed by atoms with Crippen LogP contribution < -0.4 is 10.6 Å². The van der Waals surface area contributed by atoms with Gasteiger partial charge in [0.1, 0.15) is 12.1 Å². The number of benzene rings is 1. The summed E-state index contributed by atoms with van der Waals surface area (Å²) in [6.45, 7) is 2.60. The van der Waals surface area contributed by atoms with Crippen LogP contribution in [0.15, 0.2) is 18.2 Å². The van der Waals surface area contributed by atoms with E-state index in [4.69, 9.17) is 0 Å². The molecule has 1 aromatic carbocycles. The first kappa shape index (κ1) is 20.8. The predicted octanol–water partition coefficient (Wildman–Crippen LogP) is 1.17. The van der Waals surface area contributed by atoms with E-state index < -0.39 is 30.2 Å². The lowest BCUT2D eigenvalue weighted by molar-refractivity contribution is -0.197. The Morgan fingerprint density at radius 2 is 1.97 bits per heavy atom. The molecule has 3 heterocycles. The Hall–Kier alpha value is -2.46. The van der Waals surface area contributed by atoms with Crippen LogP contribution in [0.25, 0.3) is 0 Å². The predicted molar refractivity (Wildman–Crippen MR) is 100 cm³/mol. The minimum Gasteiger partial charge on any atom is -0.322 e. The lowest BCUT2D eigenvalue weighted by Crippen LogP contribution is -2.62. The minimum absolute atomic E-state index is 0.121. The van der Waals surface area contributed by atoms with Crippen LogP contribution in [-0.2, 0) is 22.7 Å². The number of rotatable bonds is 3. The molecule has 2 N–H and O–H groups in total. The van der Waals surface area contributed by atoms with Crippen molar-refractivity contribution in [2.45, 2.75) is 57.2 Å². The highest BCUT2D eigenvalue weighted by Gasteiger charge is 2.48. The minimum atomic E-state index is -4.35. The molecule has 3 atom stereocenters. The molecule has 0 radical (unpaired) electrons. The molecule has 2 saturated heterocycles. The number of halogens is 3. The second-order valence-corrected chi connectivity index (χ2v) is 8.09. The second kappa shape index (κ2) is 7.66. The number of nitrogens with zero attached hydrogens (tertiary/aromatic N) is 2. The normalized spacial score (nSPS) is 27.9. The molecule has 0 aliphatic carbocycles. The van der Waals surface area contributed by atoms with E-state index in [0.717, 1.165) is 0 Å². The Bertz CT molecular complexity index is 889. The maximum atomic E-state index is 13.5. The zero-order valence-corrected chi connectivity index (χ0v) is 16.5. The summed E-state index contributed by atoms with van der Waals surface area (Å²) in [6, 6.07) is 2.03. The van der Waals surface area contributed by atoms with E-state index in [9.17, 15) is 27.6 Å². The van der Waals surface area contributed by atoms with Gasteiger partial charge in [0.2, 0.25) is 11.8 Å². The smallest absolute Gasteiger partial charge is 0.322 e. The van der Waals surface area contributed by atoms with Crippen molar-refractivity contribution in [3.63, 3.8) is 0 Å². The van der Waals surface area contributed by atoms with Gasteiger partial charge in [-0.15, -0.1) is 0 Å². The summed E-state index contributed by atoms with van der Waals surface area (Å²) in [7, 11) is 0. The highest BCUT2D eigenvalue weighted by atomic mass is 19.4. The first-order chi connectivity index (χ1) is 14.1. The topological polar surface area (TPSA) is 81.8 Å². The number of piperazine rings is 1. The van der Waals surface area contributed by atoms with E-state index >= 15 is 0 Å². The summed E-state index contributed by atoms with van der Waals surface area (Å²) < 4.78 is 40.6. The molecule has 0 saturated carbocycles. The van der Waals surface area contributed by atoms with Gasteiger partial charge in [0.25, 0.3) is 5.91 Å². The second-order valence-electron chi connectivity index (χ2n) is 8.09. The average molecular weight is 424 g/mol. The number of alkyl halides is 3. The SMILES string of the molecule is C[C@H]1NCCN(Cc2ccc3c(c2)CN(C2CCC(=O)NC2=O)C3=O)[C@H]1C(F)(F)F. The lowest BCUT2D eigenvalue weighted by atomic mass is 10.0. The van der Waals surface area contributed by atoms with Gasteiger partial charge in [-0.2, -0.15) is 13.2 Å². The van der Waals surface area contributed by atoms with Gasteiger partial charge in [-0.3, -0.25) is 24.6 Å². The van der Waals surface area contributed by atoms with Gasteiger partial charge in [0, 0.05) is 44.2 Å². The van der Waals surface area contributed by atoms with E-state index in [1.165, 1.54) is 16.7 Å². The van der Waals surface area contributed by atoms with Crippen molar-refractivity contribution in [3.8, 4) is 0 Å². The van der Waals surface area contributed by atoms with Crippen molar-refractivity contribution in [2.75, 3.05) is 13.1 Å². The first-order valence-corrected chi connectivity index (χ1v) is 9.96. The molecule has 0 aromatic heterocycles. The Labute approximate surface area is 171 Å². The number of carbonyl (C=O) groups is 3. The third kappa shape index (κ3) is 3.81. The summed E-state index contributed by atoms with van der Waals surface area (Å²) in [5, 5.41) is 5.13. The monoisotopic (exact) mass is 424 g/mol. The zero-order valence-electron chi connectivity index (χ0n) is 16.5. The zero-order chi connectivity index (χ0) is 21.6. The molecular weight excluding hydrogens is 401 g/mol. The third-order valence-electron chi connectivity index (χ3n) is 6.04. The fourth-order valence-corrected chi connectivity index (χ4v) is 4.63. The number of hydrogen-bond acceptors (Lipinski definition) is 5. The largest absolute Gasteiger partial charge is 0.405 e. The van der Waals surface area contributed by atoms with Crippen molar-refractivity contribution in [1.29, 1.82) is 0 Å². The molecule has 0 spiro atoms. The maximum Gasteiger partial charge on any atom is 0.405 e. The summed E-state index contributed by atoms with van der Waals surface area (Å²) in [6.07, 6.45) is -3.91. The Morgan fingerprint density at radius 1 is 1.20 bits per heavy atom. The molecule has 1 unspecified atom stereocenters. The summed E-state index contributed by atoms with van der Waals surface area (Å²) >= 11 is 0. The van der Waals surface area contributed by atoms with E-state index in [2.05, 4.69) is 10.6 Å². The first-order valence-electron chi connectivity index (χ1n) is 9.96. The highest BCUT2D eigenvalue weighted by Crippen LogP contribution is 2.32. The van der Waals surface area contributed by atoms with E-state index in [-0.39, 0.29) is 44.3 Å². The average Bonchev–Trinajstić information content (AvgIpc) is 2.96. The fraction of sp³-hybridized carbons (Fsp3) is 0.550. The molecule has 1 aromatic rings. The molecule has 4 rings (SSSR count). The molecule has 3 aliphatic rings. The molecule has 2 fully saturated rings. The van der Waals surface area contributed by atoms with Crippen LogP contribution in [-0.4, -0.2) is 64.9 Å². The Kier molecular flexibility index (Phi) is 5.31. The molecule has 3 amide bonds. The van der Waals surface area contributed by atoms with Crippen molar-refractivity contribution in [1.82, 2.24) is 20.4 Å². The number of carbonyl (C=O) groups excluding carboxylic acids is 3. The van der Waals surface area contributed by atoms with Gasteiger partial charge in [-0.05, 0) is 30.5 Å². The van der Waals surface area contributed by atoms with E-state index in [1.807, 2.05) is 0 Å². The molecule has 10 heteroatoms. The Balaban J connectivity index is 1.51. The van der Waals surface area contributed by atoms with Crippen molar-refractivity contribution in [3.05, 3.63) is 34.9 Å². The Morgan fingerprint density at radius 3 is 2.67 bits per heavy atom. The van der Waals surface area contributed by atoms with Gasteiger partial charge in [0.15, 0.2) is 0 Å². The summed E-state index contributed by atoms with van der Waals surface area (Å²) in [5.41, 5.74) is 1.83. The molecule has 7 nitrogen and oxygen atoms in total. The molecule has 30 heavy (non-hydrogen) atoms. The number of piperidine rings is 1. The van der Waals surface area contributed by atoms with Crippen molar-refractivity contribution >= 4 is 17.7 Å². The van der Waals surface area contributed by atoms with Crippen LogP contribution in [0, 0.1) is 0 Å². The highest BCUT2D eigenvalue weighted by molar-refractivity contribution is 6.05. The maximum absolute atomic E-state index is 13.5. The molecule has 162 valence electrons.